The molecule has 384 valence electrons. The Morgan fingerprint density at radius 2 is 0.545 bits per heavy atom. The van der Waals surface area contributed by atoms with Gasteiger partial charge in [0.25, 0.3) is 0 Å². The fraction of sp³-hybridized carbons (Fsp3) is 0.817. The minimum atomic E-state index is -0.773. The lowest BCUT2D eigenvalue weighted by Crippen LogP contribution is -2.30. The van der Waals surface area contributed by atoms with Crippen LogP contribution in [0.3, 0.4) is 0 Å². The molecule has 0 heterocycles. The Hall–Kier alpha value is -2.63. The van der Waals surface area contributed by atoms with Crippen molar-refractivity contribution in [3.8, 4) is 0 Å². The summed E-state index contributed by atoms with van der Waals surface area (Å²) in [7, 11) is 0. The second-order valence-corrected chi connectivity index (χ2v) is 19.2. The third kappa shape index (κ3) is 52.3. The van der Waals surface area contributed by atoms with Crippen molar-refractivity contribution in [3.05, 3.63) is 48.6 Å². The molecule has 0 saturated heterocycles. The average Bonchev–Trinajstić information content (AvgIpc) is 3.31. The molecule has 0 aromatic rings. The molecule has 0 bridgehead atoms. The van der Waals surface area contributed by atoms with E-state index in [9.17, 15) is 14.4 Å². The number of carbonyl (C=O) groups excluding carboxylic acids is 3. The zero-order chi connectivity index (χ0) is 47.9. The highest BCUT2D eigenvalue weighted by Gasteiger charge is 2.19. The molecule has 0 fully saturated rings. The summed E-state index contributed by atoms with van der Waals surface area (Å²) in [6, 6.07) is 0. The van der Waals surface area contributed by atoms with Crippen molar-refractivity contribution < 1.29 is 28.6 Å². The van der Waals surface area contributed by atoms with E-state index in [2.05, 4.69) is 69.4 Å². The molecular weight excluding hydrogens is 817 g/mol. The Kier molecular flexibility index (Phi) is 52.8. The minimum absolute atomic E-state index is 0.0754. The summed E-state index contributed by atoms with van der Waals surface area (Å²) in [5.74, 6) is -0.885. The predicted molar refractivity (Wildman–Crippen MR) is 284 cm³/mol. The predicted octanol–water partition coefficient (Wildman–Crippen LogP) is 19.0. The molecule has 1 atom stereocenters. The lowest BCUT2D eigenvalue weighted by Gasteiger charge is -2.18. The van der Waals surface area contributed by atoms with Crippen LogP contribution in [0, 0.1) is 0 Å². The van der Waals surface area contributed by atoms with E-state index in [0.717, 1.165) is 77.0 Å². The first-order valence-electron chi connectivity index (χ1n) is 28.6. The maximum absolute atomic E-state index is 12.8. The van der Waals surface area contributed by atoms with E-state index in [4.69, 9.17) is 14.2 Å². The van der Waals surface area contributed by atoms with E-state index >= 15 is 0 Å². The molecule has 6 nitrogen and oxygen atoms in total. The van der Waals surface area contributed by atoms with Crippen molar-refractivity contribution in [1.29, 1.82) is 0 Å². The van der Waals surface area contributed by atoms with Gasteiger partial charge in [-0.15, -0.1) is 0 Å². The molecule has 0 spiro atoms. The zero-order valence-electron chi connectivity index (χ0n) is 44.0. The Morgan fingerprint density at radius 1 is 0.303 bits per heavy atom. The molecule has 0 N–H and O–H groups in total. The van der Waals surface area contributed by atoms with E-state index in [1.807, 2.05) is 0 Å². The average molecular weight is 926 g/mol. The van der Waals surface area contributed by atoms with Gasteiger partial charge in [0.2, 0.25) is 0 Å². The Balaban J connectivity index is 4.08. The quantitative estimate of drug-likeness (QED) is 0.0262. The van der Waals surface area contributed by atoms with Crippen LogP contribution in [0.25, 0.3) is 0 Å². The van der Waals surface area contributed by atoms with Crippen LogP contribution in [0.5, 0.6) is 0 Å². The maximum atomic E-state index is 12.8. The number of ether oxygens (including phenoxy) is 3. The third-order valence-electron chi connectivity index (χ3n) is 12.6. The summed E-state index contributed by atoms with van der Waals surface area (Å²) in [5.41, 5.74) is 0. The van der Waals surface area contributed by atoms with Gasteiger partial charge in [0, 0.05) is 19.3 Å². The lowest BCUT2D eigenvalue weighted by molar-refractivity contribution is -0.167. The number of allylic oxidation sites excluding steroid dienone is 8. The molecule has 0 aliphatic rings. The molecule has 0 saturated carbocycles. The topological polar surface area (TPSA) is 78.9 Å². The smallest absolute Gasteiger partial charge is 0.306 e. The second kappa shape index (κ2) is 55.0. The molecule has 0 rings (SSSR count). The van der Waals surface area contributed by atoms with E-state index in [0.29, 0.717) is 19.3 Å². The zero-order valence-corrected chi connectivity index (χ0v) is 44.0. The van der Waals surface area contributed by atoms with Crippen molar-refractivity contribution in [2.75, 3.05) is 13.2 Å². The Bertz CT molecular complexity index is 1150. The fourth-order valence-electron chi connectivity index (χ4n) is 8.21. The van der Waals surface area contributed by atoms with Crippen LogP contribution in [0.4, 0.5) is 0 Å². The van der Waals surface area contributed by atoms with Gasteiger partial charge in [0.1, 0.15) is 13.2 Å². The number of esters is 3. The third-order valence-corrected chi connectivity index (χ3v) is 12.6. The van der Waals surface area contributed by atoms with Crippen molar-refractivity contribution in [2.45, 2.75) is 303 Å². The highest BCUT2D eigenvalue weighted by molar-refractivity contribution is 5.71. The van der Waals surface area contributed by atoms with E-state index in [-0.39, 0.29) is 31.1 Å². The first kappa shape index (κ1) is 63.4. The summed E-state index contributed by atoms with van der Waals surface area (Å²) < 4.78 is 16.7. The SMILES string of the molecule is CCCCCCC/C=C\C/C=C\C/C=C\CCCCCCCCCCCCCCC(=O)OCC(COC(=O)CCCCCCCC)OC(=O)CCCCCCC/C=C\CCCCCCCC. The van der Waals surface area contributed by atoms with Crippen LogP contribution < -0.4 is 0 Å². The summed E-state index contributed by atoms with van der Waals surface area (Å²) in [6.45, 7) is 6.58. The van der Waals surface area contributed by atoms with Gasteiger partial charge in [-0.1, -0.05) is 243 Å². The molecule has 66 heavy (non-hydrogen) atoms. The summed E-state index contributed by atoms with van der Waals surface area (Å²) in [5, 5.41) is 0. The standard InChI is InChI=1S/C60H108O6/c1-4-7-10-13-16-18-20-22-24-25-26-27-28-29-30-31-32-33-34-35-37-38-40-42-44-47-50-53-59(62)65-56-57(55-64-58(61)52-49-46-15-12-9-6-3)66-60(63)54-51-48-45-43-41-39-36-23-21-19-17-14-11-8-5-2/h20,22-23,25-26,28-29,36,57H,4-19,21,24,27,30-35,37-56H2,1-3H3/b22-20-,26-25-,29-28-,36-23-. The van der Waals surface area contributed by atoms with Gasteiger partial charge >= 0.3 is 17.9 Å². The lowest BCUT2D eigenvalue weighted by atomic mass is 10.0. The normalized spacial score (nSPS) is 12.3. The van der Waals surface area contributed by atoms with Gasteiger partial charge in [-0.25, -0.2) is 0 Å². The molecule has 1 unspecified atom stereocenters. The largest absolute Gasteiger partial charge is 0.462 e. The van der Waals surface area contributed by atoms with Crippen LogP contribution in [-0.4, -0.2) is 37.2 Å². The number of rotatable bonds is 52. The van der Waals surface area contributed by atoms with Gasteiger partial charge in [0.05, 0.1) is 0 Å². The van der Waals surface area contributed by atoms with E-state index in [1.165, 1.54) is 180 Å². The van der Waals surface area contributed by atoms with Crippen LogP contribution in [0.1, 0.15) is 297 Å². The second-order valence-electron chi connectivity index (χ2n) is 19.2. The van der Waals surface area contributed by atoms with Gasteiger partial charge < -0.3 is 14.2 Å². The molecule has 6 heteroatoms. The number of unbranched alkanes of at least 4 members (excludes halogenated alkanes) is 33. The maximum Gasteiger partial charge on any atom is 0.306 e. The molecule has 0 aliphatic carbocycles. The van der Waals surface area contributed by atoms with Crippen molar-refractivity contribution in [2.24, 2.45) is 0 Å². The fourth-order valence-corrected chi connectivity index (χ4v) is 8.21. The van der Waals surface area contributed by atoms with Crippen LogP contribution in [0.15, 0.2) is 48.6 Å². The monoisotopic (exact) mass is 925 g/mol. The molecule has 0 aromatic heterocycles. The molecule has 0 amide bonds. The highest BCUT2D eigenvalue weighted by Crippen LogP contribution is 2.16. The summed E-state index contributed by atoms with van der Waals surface area (Å²) >= 11 is 0. The number of hydrogen-bond donors (Lipinski definition) is 0. The molecule has 0 radical (unpaired) electrons. The van der Waals surface area contributed by atoms with Gasteiger partial charge in [-0.3, -0.25) is 14.4 Å². The van der Waals surface area contributed by atoms with Gasteiger partial charge in [0.15, 0.2) is 6.10 Å². The van der Waals surface area contributed by atoms with Crippen LogP contribution >= 0.6 is 0 Å². The Morgan fingerprint density at radius 3 is 0.864 bits per heavy atom. The summed E-state index contributed by atoms with van der Waals surface area (Å²) in [4.78, 5) is 37.8. The molecule has 0 aliphatic heterocycles. The van der Waals surface area contributed by atoms with Crippen molar-refractivity contribution in [1.82, 2.24) is 0 Å². The van der Waals surface area contributed by atoms with Gasteiger partial charge in [-0.05, 0) is 83.5 Å². The Labute approximate surface area is 409 Å². The highest BCUT2D eigenvalue weighted by atomic mass is 16.6. The van der Waals surface area contributed by atoms with Crippen molar-refractivity contribution >= 4 is 17.9 Å². The molecular formula is C60H108O6. The van der Waals surface area contributed by atoms with Crippen LogP contribution in [-0.2, 0) is 28.6 Å². The minimum Gasteiger partial charge on any atom is -0.462 e. The number of carbonyl (C=O) groups is 3. The van der Waals surface area contributed by atoms with E-state index in [1.54, 1.807) is 0 Å². The number of hydrogen-bond acceptors (Lipinski definition) is 6. The first-order chi connectivity index (χ1) is 32.5. The van der Waals surface area contributed by atoms with E-state index < -0.39 is 6.10 Å². The van der Waals surface area contributed by atoms with Crippen molar-refractivity contribution in [3.63, 3.8) is 0 Å². The molecule has 0 aromatic carbocycles. The van der Waals surface area contributed by atoms with Gasteiger partial charge in [-0.2, -0.15) is 0 Å². The van der Waals surface area contributed by atoms with Crippen LogP contribution in [0.2, 0.25) is 0 Å². The summed E-state index contributed by atoms with van der Waals surface area (Å²) in [6.07, 6.45) is 67.1. The first-order valence-corrected chi connectivity index (χ1v) is 28.6.